The summed E-state index contributed by atoms with van der Waals surface area (Å²) in [6.45, 7) is 0. The first-order valence-corrected chi connectivity index (χ1v) is 4.54. The molecule has 0 spiro atoms. The van der Waals surface area contributed by atoms with Gasteiger partial charge < -0.3 is 0 Å². The molecule has 1 heterocycles. The zero-order valence-corrected chi connectivity index (χ0v) is 6.45. The van der Waals surface area contributed by atoms with Gasteiger partial charge >= 0.3 is 0 Å². The smallest absolute Gasteiger partial charge is 0.213 e. The monoisotopic (exact) mass is 173 g/mol. The lowest BCUT2D eigenvalue weighted by Gasteiger charge is -1.94. The third-order valence-electron chi connectivity index (χ3n) is 0.982. The van der Waals surface area contributed by atoms with E-state index in [9.17, 15) is 8.42 Å². The summed E-state index contributed by atoms with van der Waals surface area (Å²) in [6.07, 6.45) is 4.15. The second-order valence-corrected chi connectivity index (χ2v) is 3.67. The van der Waals surface area contributed by atoms with Crippen molar-refractivity contribution in [3.63, 3.8) is 0 Å². The van der Waals surface area contributed by atoms with Crippen LogP contribution in [0.5, 0.6) is 0 Å². The van der Waals surface area contributed by atoms with Crippen LogP contribution in [-0.2, 0) is 15.8 Å². The molecule has 0 bridgehead atoms. The molecule has 0 fully saturated rings. The summed E-state index contributed by atoms with van der Waals surface area (Å²) in [4.78, 5) is 7.28. The molecule has 60 valence electrons. The van der Waals surface area contributed by atoms with Crippen molar-refractivity contribution < 1.29 is 8.42 Å². The van der Waals surface area contributed by atoms with Crippen LogP contribution in [0.3, 0.4) is 0 Å². The topological polar surface area (TPSA) is 85.9 Å². The Morgan fingerprint density at radius 2 is 1.91 bits per heavy atom. The van der Waals surface area contributed by atoms with Gasteiger partial charge in [-0.3, -0.25) is 0 Å². The molecule has 0 saturated heterocycles. The summed E-state index contributed by atoms with van der Waals surface area (Å²) < 4.78 is 21.0. The van der Waals surface area contributed by atoms with Crippen molar-refractivity contribution in [2.45, 2.75) is 5.75 Å². The van der Waals surface area contributed by atoms with Gasteiger partial charge in [0.15, 0.2) is 0 Å². The van der Waals surface area contributed by atoms with E-state index in [1.54, 1.807) is 0 Å². The van der Waals surface area contributed by atoms with Gasteiger partial charge in [0.05, 0.1) is 5.75 Å². The highest BCUT2D eigenvalue weighted by Crippen LogP contribution is 1.97. The number of primary sulfonamides is 1. The molecule has 0 aromatic carbocycles. The second-order valence-electron chi connectivity index (χ2n) is 2.05. The minimum Gasteiger partial charge on any atom is -0.245 e. The van der Waals surface area contributed by atoms with Crippen molar-refractivity contribution in [1.82, 2.24) is 9.97 Å². The van der Waals surface area contributed by atoms with Crippen LogP contribution in [0.25, 0.3) is 0 Å². The first-order valence-electron chi connectivity index (χ1n) is 2.82. The van der Waals surface area contributed by atoms with E-state index in [0.29, 0.717) is 5.56 Å². The highest BCUT2D eigenvalue weighted by molar-refractivity contribution is 7.88. The maximum Gasteiger partial charge on any atom is 0.213 e. The number of hydrogen-bond donors (Lipinski definition) is 1. The van der Waals surface area contributed by atoms with E-state index in [2.05, 4.69) is 9.97 Å². The third kappa shape index (κ3) is 3.06. The molecular weight excluding hydrogens is 166 g/mol. The molecule has 0 saturated carbocycles. The molecule has 1 aromatic rings. The van der Waals surface area contributed by atoms with Crippen LogP contribution in [0.2, 0.25) is 0 Å². The Labute approximate surface area is 64.3 Å². The van der Waals surface area contributed by atoms with Gasteiger partial charge in [-0.15, -0.1) is 0 Å². The van der Waals surface area contributed by atoms with Crippen molar-refractivity contribution in [1.29, 1.82) is 0 Å². The van der Waals surface area contributed by atoms with Crippen molar-refractivity contribution in [2.24, 2.45) is 5.14 Å². The summed E-state index contributed by atoms with van der Waals surface area (Å²) in [5.41, 5.74) is 0.495. The van der Waals surface area contributed by atoms with Gasteiger partial charge in [-0.25, -0.2) is 23.5 Å². The van der Waals surface area contributed by atoms with E-state index in [0.717, 1.165) is 0 Å². The fourth-order valence-corrected chi connectivity index (χ4v) is 1.25. The van der Waals surface area contributed by atoms with Crippen LogP contribution in [-0.4, -0.2) is 18.4 Å². The van der Waals surface area contributed by atoms with Crippen LogP contribution in [0, 0.1) is 0 Å². The van der Waals surface area contributed by atoms with Crippen LogP contribution in [0.1, 0.15) is 5.56 Å². The molecule has 0 aliphatic heterocycles. The SMILES string of the molecule is NS(=O)(=O)Cc1cncnc1. The number of hydrogen-bond acceptors (Lipinski definition) is 4. The molecule has 0 aliphatic carbocycles. The van der Waals surface area contributed by atoms with Crippen LogP contribution in [0.15, 0.2) is 18.7 Å². The molecule has 1 aromatic heterocycles. The van der Waals surface area contributed by atoms with Gasteiger partial charge in [0, 0.05) is 18.0 Å². The first kappa shape index (κ1) is 8.09. The van der Waals surface area contributed by atoms with Gasteiger partial charge in [-0.1, -0.05) is 0 Å². The van der Waals surface area contributed by atoms with Crippen molar-refractivity contribution in [2.75, 3.05) is 0 Å². The molecule has 6 heteroatoms. The summed E-state index contributed by atoms with van der Waals surface area (Å²) in [5.74, 6) is -0.214. The molecule has 0 amide bonds. The third-order valence-corrected chi connectivity index (χ3v) is 1.72. The van der Waals surface area contributed by atoms with E-state index in [1.807, 2.05) is 0 Å². The molecule has 0 aliphatic rings. The number of aromatic nitrogens is 2. The lowest BCUT2D eigenvalue weighted by atomic mass is 10.4. The summed E-state index contributed by atoms with van der Waals surface area (Å²) in [5, 5.41) is 4.78. The van der Waals surface area contributed by atoms with Gasteiger partial charge in [-0.05, 0) is 0 Å². The molecule has 0 atom stereocenters. The zero-order chi connectivity index (χ0) is 8.32. The Kier molecular flexibility index (Phi) is 2.16. The lowest BCUT2D eigenvalue weighted by molar-refractivity contribution is 0.597. The molecule has 0 radical (unpaired) electrons. The lowest BCUT2D eigenvalue weighted by Crippen LogP contribution is -2.14. The highest BCUT2D eigenvalue weighted by Gasteiger charge is 2.03. The van der Waals surface area contributed by atoms with Gasteiger partial charge in [-0.2, -0.15) is 0 Å². The fourth-order valence-electron chi connectivity index (χ4n) is 0.637. The standard InChI is InChI=1S/C5H7N3O2S/c6-11(9,10)3-5-1-7-4-8-2-5/h1-2,4H,3H2,(H2,6,9,10). The van der Waals surface area contributed by atoms with Gasteiger partial charge in [0.1, 0.15) is 6.33 Å². The average Bonchev–Trinajstić information content (AvgIpc) is 1.85. The Balaban J connectivity index is 2.82. The number of sulfonamides is 1. The number of nitrogens with two attached hydrogens (primary N) is 1. The molecule has 11 heavy (non-hydrogen) atoms. The molecular formula is C5H7N3O2S. The van der Waals surface area contributed by atoms with Crippen LogP contribution >= 0.6 is 0 Å². The largest absolute Gasteiger partial charge is 0.245 e. The van der Waals surface area contributed by atoms with Gasteiger partial charge in [0.25, 0.3) is 0 Å². The van der Waals surface area contributed by atoms with E-state index >= 15 is 0 Å². The molecule has 5 nitrogen and oxygen atoms in total. The van der Waals surface area contributed by atoms with Crippen LogP contribution in [0.4, 0.5) is 0 Å². The van der Waals surface area contributed by atoms with Gasteiger partial charge in [0.2, 0.25) is 10.0 Å². The average molecular weight is 173 g/mol. The Hall–Kier alpha value is -1.01. The Morgan fingerprint density at radius 3 is 2.36 bits per heavy atom. The zero-order valence-electron chi connectivity index (χ0n) is 5.64. The maximum absolute atomic E-state index is 10.5. The predicted octanol–water partition coefficient (Wildman–Crippen LogP) is -0.735. The molecule has 0 unspecified atom stereocenters. The predicted molar refractivity (Wildman–Crippen MR) is 38.8 cm³/mol. The van der Waals surface area contributed by atoms with E-state index in [1.165, 1.54) is 18.7 Å². The van der Waals surface area contributed by atoms with E-state index in [-0.39, 0.29) is 5.75 Å². The first-order chi connectivity index (χ1) is 5.08. The fraction of sp³-hybridized carbons (Fsp3) is 0.200. The summed E-state index contributed by atoms with van der Waals surface area (Å²) >= 11 is 0. The van der Waals surface area contributed by atoms with E-state index in [4.69, 9.17) is 5.14 Å². The molecule has 2 N–H and O–H groups in total. The summed E-state index contributed by atoms with van der Waals surface area (Å²) in [6, 6.07) is 0. The van der Waals surface area contributed by atoms with Crippen molar-refractivity contribution in [3.05, 3.63) is 24.3 Å². The van der Waals surface area contributed by atoms with Crippen LogP contribution < -0.4 is 5.14 Å². The minimum absolute atomic E-state index is 0.214. The minimum atomic E-state index is -3.46. The maximum atomic E-state index is 10.5. The second kappa shape index (κ2) is 2.93. The summed E-state index contributed by atoms with van der Waals surface area (Å²) in [7, 11) is -3.46. The quantitative estimate of drug-likeness (QED) is 0.638. The molecule has 1 rings (SSSR count). The van der Waals surface area contributed by atoms with Crippen molar-refractivity contribution in [3.8, 4) is 0 Å². The Bertz CT molecular complexity index is 321. The number of nitrogens with zero attached hydrogens (tertiary/aromatic N) is 2. The normalized spacial score (nSPS) is 11.4. The van der Waals surface area contributed by atoms with E-state index < -0.39 is 10.0 Å². The van der Waals surface area contributed by atoms with Crippen molar-refractivity contribution >= 4 is 10.0 Å². The highest BCUT2D eigenvalue weighted by atomic mass is 32.2. The Morgan fingerprint density at radius 1 is 1.36 bits per heavy atom. The number of rotatable bonds is 2.